The summed E-state index contributed by atoms with van der Waals surface area (Å²) in [7, 11) is 1.96. The normalized spacial score (nSPS) is 24.8. The molecule has 1 spiro atoms. The van der Waals surface area contributed by atoms with Crippen molar-refractivity contribution in [3.05, 3.63) is 36.2 Å². The SMILES string of the molecule is Cn1cc(CN2CC[C@@]3(CCCN(c4ncc(F)cn4)C3)C2)cn1. The fourth-order valence-electron chi connectivity index (χ4n) is 4.15. The molecule has 0 radical (unpaired) electrons. The number of hydrogen-bond donors (Lipinski definition) is 0. The molecule has 128 valence electrons. The molecule has 2 aliphatic rings. The van der Waals surface area contributed by atoms with E-state index < -0.39 is 0 Å². The summed E-state index contributed by atoms with van der Waals surface area (Å²) in [6.07, 6.45) is 10.1. The van der Waals surface area contributed by atoms with E-state index in [4.69, 9.17) is 0 Å². The Morgan fingerprint density at radius 1 is 1.12 bits per heavy atom. The maximum absolute atomic E-state index is 13.1. The van der Waals surface area contributed by atoms with Crippen molar-refractivity contribution < 1.29 is 4.39 Å². The second-order valence-electron chi connectivity index (χ2n) is 7.21. The third kappa shape index (κ3) is 3.13. The molecule has 6 nitrogen and oxygen atoms in total. The molecule has 4 heterocycles. The van der Waals surface area contributed by atoms with Crippen molar-refractivity contribution in [2.24, 2.45) is 12.5 Å². The summed E-state index contributed by atoms with van der Waals surface area (Å²) in [5.41, 5.74) is 1.57. The Morgan fingerprint density at radius 3 is 2.71 bits per heavy atom. The Morgan fingerprint density at radius 2 is 1.96 bits per heavy atom. The van der Waals surface area contributed by atoms with Crippen LogP contribution in [0.15, 0.2) is 24.8 Å². The van der Waals surface area contributed by atoms with Crippen LogP contribution >= 0.6 is 0 Å². The maximum Gasteiger partial charge on any atom is 0.225 e. The summed E-state index contributed by atoms with van der Waals surface area (Å²) in [5.74, 6) is 0.273. The average Bonchev–Trinajstić information content (AvgIpc) is 3.15. The number of rotatable bonds is 3. The summed E-state index contributed by atoms with van der Waals surface area (Å²) in [6, 6.07) is 0. The molecule has 0 saturated carbocycles. The van der Waals surface area contributed by atoms with Crippen LogP contribution in [0.4, 0.5) is 10.3 Å². The lowest BCUT2D eigenvalue weighted by atomic mass is 9.79. The molecular formula is C17H23FN6. The molecule has 0 amide bonds. The van der Waals surface area contributed by atoms with E-state index in [1.54, 1.807) is 0 Å². The molecule has 24 heavy (non-hydrogen) atoms. The number of aryl methyl sites for hydroxylation is 1. The second-order valence-corrected chi connectivity index (χ2v) is 7.21. The maximum atomic E-state index is 13.1. The van der Waals surface area contributed by atoms with Gasteiger partial charge < -0.3 is 4.90 Å². The van der Waals surface area contributed by atoms with Gasteiger partial charge in [0.2, 0.25) is 5.95 Å². The highest BCUT2D eigenvalue weighted by Crippen LogP contribution is 2.40. The molecule has 0 aliphatic carbocycles. The lowest BCUT2D eigenvalue weighted by Crippen LogP contribution is -2.45. The first kappa shape index (κ1) is 15.5. The molecule has 2 aromatic heterocycles. The molecule has 1 atom stereocenters. The molecule has 2 aliphatic heterocycles. The first-order valence-corrected chi connectivity index (χ1v) is 8.54. The summed E-state index contributed by atoms with van der Waals surface area (Å²) >= 11 is 0. The third-order valence-corrected chi connectivity index (χ3v) is 5.23. The van der Waals surface area contributed by atoms with Crippen LogP contribution in [-0.2, 0) is 13.6 Å². The van der Waals surface area contributed by atoms with Crippen molar-refractivity contribution in [2.45, 2.75) is 25.8 Å². The van der Waals surface area contributed by atoms with Gasteiger partial charge in [-0.15, -0.1) is 0 Å². The molecule has 7 heteroatoms. The molecule has 0 unspecified atom stereocenters. The largest absolute Gasteiger partial charge is 0.340 e. The number of anilines is 1. The molecular weight excluding hydrogens is 307 g/mol. The molecule has 0 aromatic carbocycles. The zero-order valence-electron chi connectivity index (χ0n) is 14.0. The number of hydrogen-bond acceptors (Lipinski definition) is 5. The highest BCUT2D eigenvalue weighted by Gasteiger charge is 2.41. The Hall–Kier alpha value is -2.02. The average molecular weight is 330 g/mol. The molecule has 0 bridgehead atoms. The fourth-order valence-corrected chi connectivity index (χ4v) is 4.15. The highest BCUT2D eigenvalue weighted by atomic mass is 19.1. The van der Waals surface area contributed by atoms with Crippen molar-refractivity contribution in [3.63, 3.8) is 0 Å². The zero-order chi connectivity index (χ0) is 16.6. The van der Waals surface area contributed by atoms with Gasteiger partial charge in [-0.3, -0.25) is 9.58 Å². The summed E-state index contributed by atoms with van der Waals surface area (Å²) in [4.78, 5) is 13.1. The van der Waals surface area contributed by atoms with Gasteiger partial charge in [0.15, 0.2) is 5.82 Å². The van der Waals surface area contributed by atoms with E-state index in [0.717, 1.165) is 39.1 Å². The minimum absolute atomic E-state index is 0.304. The Kier molecular flexibility index (Phi) is 3.96. The zero-order valence-corrected chi connectivity index (χ0v) is 14.0. The molecule has 2 aromatic rings. The minimum atomic E-state index is -0.381. The van der Waals surface area contributed by atoms with Crippen LogP contribution in [0.25, 0.3) is 0 Å². The smallest absolute Gasteiger partial charge is 0.225 e. The quantitative estimate of drug-likeness (QED) is 0.859. The van der Waals surface area contributed by atoms with Crippen LogP contribution < -0.4 is 4.90 Å². The van der Waals surface area contributed by atoms with Gasteiger partial charge in [0.25, 0.3) is 0 Å². The summed E-state index contributed by atoms with van der Waals surface area (Å²) in [5, 5.41) is 4.26. The van der Waals surface area contributed by atoms with E-state index in [2.05, 4.69) is 31.1 Å². The van der Waals surface area contributed by atoms with Crippen LogP contribution in [0, 0.1) is 11.2 Å². The van der Waals surface area contributed by atoms with E-state index >= 15 is 0 Å². The van der Waals surface area contributed by atoms with Gasteiger partial charge in [-0.1, -0.05) is 0 Å². The molecule has 0 N–H and O–H groups in total. The van der Waals surface area contributed by atoms with E-state index in [1.807, 2.05) is 17.9 Å². The van der Waals surface area contributed by atoms with Crippen molar-refractivity contribution in [1.29, 1.82) is 0 Å². The number of likely N-dealkylation sites (tertiary alicyclic amines) is 1. The van der Waals surface area contributed by atoms with Crippen LogP contribution in [0.1, 0.15) is 24.8 Å². The minimum Gasteiger partial charge on any atom is -0.340 e. The second kappa shape index (κ2) is 6.12. The first-order valence-electron chi connectivity index (χ1n) is 8.54. The van der Waals surface area contributed by atoms with E-state index in [0.29, 0.717) is 11.4 Å². The van der Waals surface area contributed by atoms with Crippen LogP contribution in [0.2, 0.25) is 0 Å². The van der Waals surface area contributed by atoms with Crippen molar-refractivity contribution in [1.82, 2.24) is 24.6 Å². The van der Waals surface area contributed by atoms with E-state index in [-0.39, 0.29) is 5.82 Å². The van der Waals surface area contributed by atoms with Gasteiger partial charge in [0.1, 0.15) is 0 Å². The van der Waals surface area contributed by atoms with Gasteiger partial charge >= 0.3 is 0 Å². The standard InChI is InChI=1S/C17H23FN6/c1-22-10-14(7-21-22)11-23-6-4-17(12-23)3-2-5-24(13-17)16-19-8-15(18)9-20-16/h7-10H,2-6,11-13H2,1H3/t17-/m0/s1. The van der Waals surface area contributed by atoms with Crippen LogP contribution in [0.3, 0.4) is 0 Å². The summed E-state index contributed by atoms with van der Waals surface area (Å²) < 4.78 is 14.9. The van der Waals surface area contributed by atoms with Crippen LogP contribution in [-0.4, -0.2) is 50.8 Å². The highest BCUT2D eigenvalue weighted by molar-refractivity contribution is 5.30. The topological polar surface area (TPSA) is 50.1 Å². The van der Waals surface area contributed by atoms with E-state index in [1.165, 1.54) is 30.8 Å². The Balaban J connectivity index is 1.42. The van der Waals surface area contributed by atoms with Crippen molar-refractivity contribution >= 4 is 5.95 Å². The number of nitrogens with zero attached hydrogens (tertiary/aromatic N) is 6. The van der Waals surface area contributed by atoms with E-state index in [9.17, 15) is 4.39 Å². The monoisotopic (exact) mass is 330 g/mol. The van der Waals surface area contributed by atoms with Gasteiger partial charge in [0, 0.05) is 50.4 Å². The van der Waals surface area contributed by atoms with Gasteiger partial charge in [-0.05, 0) is 25.8 Å². The van der Waals surface area contributed by atoms with Gasteiger partial charge in [-0.25, -0.2) is 14.4 Å². The molecule has 2 saturated heterocycles. The number of aromatic nitrogens is 4. The van der Waals surface area contributed by atoms with Crippen molar-refractivity contribution in [3.8, 4) is 0 Å². The Bertz CT molecular complexity index is 699. The first-order chi connectivity index (χ1) is 11.6. The molecule has 2 fully saturated rings. The number of piperidine rings is 1. The predicted octanol–water partition coefficient (Wildman–Crippen LogP) is 1.84. The fraction of sp³-hybridized carbons (Fsp3) is 0.588. The van der Waals surface area contributed by atoms with Gasteiger partial charge in [-0.2, -0.15) is 5.10 Å². The Labute approximate surface area is 141 Å². The predicted molar refractivity (Wildman–Crippen MR) is 89.0 cm³/mol. The lowest BCUT2D eigenvalue weighted by Gasteiger charge is -2.40. The molecule has 4 rings (SSSR count). The van der Waals surface area contributed by atoms with Gasteiger partial charge in [0.05, 0.1) is 18.6 Å². The third-order valence-electron chi connectivity index (χ3n) is 5.23. The van der Waals surface area contributed by atoms with Crippen LogP contribution in [0.5, 0.6) is 0 Å². The number of halogens is 1. The van der Waals surface area contributed by atoms with Crippen molar-refractivity contribution in [2.75, 3.05) is 31.1 Å². The summed E-state index contributed by atoms with van der Waals surface area (Å²) in [6.45, 7) is 5.09. The lowest BCUT2D eigenvalue weighted by molar-refractivity contribution is 0.215.